The van der Waals surface area contributed by atoms with Crippen molar-refractivity contribution in [3.63, 3.8) is 0 Å². The van der Waals surface area contributed by atoms with Crippen LogP contribution in [0, 0.1) is 29.1 Å². The SMILES string of the molecule is COc1cc(-c2cc(C(=O)N/N=C\c3c(F)c(F)c(F)c(F)c3F)c3ccccc3n2)cc(OC)c1OC. The molecule has 1 heterocycles. The van der Waals surface area contributed by atoms with E-state index in [4.69, 9.17) is 14.2 Å². The zero-order chi connectivity index (χ0) is 27.6. The number of carbonyl (C=O) groups excluding carboxylic acids is 1. The standard InChI is InChI=1S/C26H18F5N3O4/c1-36-18-8-12(9-19(37-2)25(18)38-3)17-10-14(13-6-4-5-7-16(13)33-17)26(35)34-32-11-15-20(27)22(29)24(31)23(30)21(15)28/h4-11H,1-3H3,(H,34,35)/b32-11-. The third-order valence-corrected chi connectivity index (χ3v) is 5.52. The van der Waals surface area contributed by atoms with Crippen LogP contribution in [0.1, 0.15) is 15.9 Å². The quantitative estimate of drug-likeness (QED) is 0.114. The van der Waals surface area contributed by atoms with Crippen LogP contribution in [0.5, 0.6) is 17.2 Å². The normalized spacial score (nSPS) is 11.2. The summed E-state index contributed by atoms with van der Waals surface area (Å²) < 4.78 is 84.1. The number of fused-ring (bicyclic) bond motifs is 1. The van der Waals surface area contributed by atoms with Crippen molar-refractivity contribution < 1.29 is 41.0 Å². The molecule has 0 aliphatic carbocycles. The highest BCUT2D eigenvalue weighted by molar-refractivity contribution is 6.07. The number of pyridine rings is 1. The minimum Gasteiger partial charge on any atom is -0.493 e. The zero-order valence-electron chi connectivity index (χ0n) is 20.0. The van der Waals surface area contributed by atoms with E-state index in [2.05, 4.69) is 15.5 Å². The Labute approximate surface area is 212 Å². The zero-order valence-corrected chi connectivity index (χ0v) is 20.0. The summed E-state index contributed by atoms with van der Waals surface area (Å²) in [5.41, 5.74) is 2.07. The van der Waals surface area contributed by atoms with Crippen LogP contribution < -0.4 is 19.6 Å². The van der Waals surface area contributed by atoms with Crippen molar-refractivity contribution in [3.8, 4) is 28.5 Å². The molecule has 0 atom stereocenters. The number of halogens is 5. The van der Waals surface area contributed by atoms with Gasteiger partial charge in [0.2, 0.25) is 11.6 Å². The fourth-order valence-electron chi connectivity index (χ4n) is 3.69. The molecule has 0 saturated heterocycles. The highest BCUT2D eigenvalue weighted by Crippen LogP contribution is 2.41. The van der Waals surface area contributed by atoms with Crippen molar-refractivity contribution in [2.75, 3.05) is 21.3 Å². The van der Waals surface area contributed by atoms with Crippen LogP contribution in [0.3, 0.4) is 0 Å². The maximum Gasteiger partial charge on any atom is 0.272 e. The van der Waals surface area contributed by atoms with Crippen molar-refractivity contribution in [2.24, 2.45) is 5.10 Å². The first-order valence-corrected chi connectivity index (χ1v) is 10.8. The summed E-state index contributed by atoms with van der Waals surface area (Å²) in [7, 11) is 4.33. The van der Waals surface area contributed by atoms with Gasteiger partial charge in [-0.2, -0.15) is 5.10 Å². The van der Waals surface area contributed by atoms with E-state index in [9.17, 15) is 26.7 Å². The summed E-state index contributed by atoms with van der Waals surface area (Å²) in [5.74, 6) is -10.5. The number of para-hydroxylation sites is 1. The van der Waals surface area contributed by atoms with E-state index >= 15 is 0 Å². The van der Waals surface area contributed by atoms with Gasteiger partial charge in [0.1, 0.15) is 0 Å². The molecule has 0 saturated carbocycles. The molecule has 3 aromatic carbocycles. The van der Waals surface area contributed by atoms with Gasteiger partial charge in [-0.25, -0.2) is 32.4 Å². The van der Waals surface area contributed by atoms with Crippen molar-refractivity contribution in [1.82, 2.24) is 10.4 Å². The molecule has 0 spiro atoms. The first-order chi connectivity index (χ1) is 18.2. The van der Waals surface area contributed by atoms with Gasteiger partial charge in [-0.1, -0.05) is 18.2 Å². The molecule has 38 heavy (non-hydrogen) atoms. The number of nitrogens with one attached hydrogen (secondary N) is 1. The van der Waals surface area contributed by atoms with E-state index in [0.717, 1.165) is 0 Å². The monoisotopic (exact) mass is 531 g/mol. The molecule has 0 bridgehead atoms. The highest BCUT2D eigenvalue weighted by atomic mass is 19.2. The first kappa shape index (κ1) is 26.3. The van der Waals surface area contributed by atoms with Gasteiger partial charge in [0.05, 0.1) is 49.9 Å². The molecule has 0 aliphatic rings. The summed E-state index contributed by atoms with van der Waals surface area (Å²) in [4.78, 5) is 17.6. The van der Waals surface area contributed by atoms with Crippen molar-refractivity contribution >= 4 is 23.0 Å². The Morgan fingerprint density at radius 3 is 2.00 bits per heavy atom. The predicted molar refractivity (Wildman–Crippen MR) is 128 cm³/mol. The van der Waals surface area contributed by atoms with E-state index in [1.807, 2.05) is 0 Å². The van der Waals surface area contributed by atoms with Crippen LogP contribution in [-0.4, -0.2) is 38.4 Å². The summed E-state index contributed by atoms with van der Waals surface area (Å²) in [6, 6.07) is 11.3. The third kappa shape index (κ3) is 4.67. The Balaban J connectivity index is 1.76. The number of hydrogen-bond donors (Lipinski definition) is 1. The lowest BCUT2D eigenvalue weighted by Crippen LogP contribution is -2.19. The summed E-state index contributed by atoms with van der Waals surface area (Å²) >= 11 is 0. The lowest BCUT2D eigenvalue weighted by Gasteiger charge is -2.15. The van der Waals surface area contributed by atoms with E-state index < -0.39 is 40.6 Å². The number of rotatable bonds is 7. The third-order valence-electron chi connectivity index (χ3n) is 5.52. The van der Waals surface area contributed by atoms with E-state index in [0.29, 0.717) is 45.6 Å². The Morgan fingerprint density at radius 1 is 0.842 bits per heavy atom. The molecule has 1 aromatic heterocycles. The molecule has 0 fully saturated rings. The number of carbonyl (C=O) groups is 1. The minimum absolute atomic E-state index is 0.0638. The topological polar surface area (TPSA) is 82.0 Å². The van der Waals surface area contributed by atoms with E-state index in [-0.39, 0.29) is 5.56 Å². The molecule has 4 aromatic rings. The van der Waals surface area contributed by atoms with Crippen LogP contribution in [0.25, 0.3) is 22.2 Å². The van der Waals surface area contributed by atoms with Crippen molar-refractivity contribution in [2.45, 2.75) is 0 Å². The minimum atomic E-state index is -2.30. The number of ether oxygens (including phenoxy) is 3. The van der Waals surface area contributed by atoms with Crippen LogP contribution in [0.15, 0.2) is 47.6 Å². The second-order valence-electron chi connectivity index (χ2n) is 7.67. The van der Waals surface area contributed by atoms with Gasteiger partial charge < -0.3 is 14.2 Å². The molecule has 12 heteroatoms. The van der Waals surface area contributed by atoms with Crippen LogP contribution >= 0.6 is 0 Å². The van der Waals surface area contributed by atoms with Crippen molar-refractivity contribution in [1.29, 1.82) is 0 Å². The predicted octanol–water partition coefficient (Wildman–Crippen LogP) is 5.39. The van der Waals surface area contributed by atoms with Crippen LogP contribution in [0.4, 0.5) is 22.0 Å². The van der Waals surface area contributed by atoms with E-state index in [1.54, 1.807) is 36.4 Å². The number of aromatic nitrogens is 1. The smallest absolute Gasteiger partial charge is 0.272 e. The number of nitrogens with zero attached hydrogens (tertiary/aromatic N) is 2. The molecule has 0 aliphatic heterocycles. The van der Waals surface area contributed by atoms with Gasteiger partial charge in [-0.05, 0) is 24.3 Å². The molecule has 196 valence electrons. The number of methoxy groups -OCH3 is 3. The van der Waals surface area contributed by atoms with Gasteiger partial charge in [0, 0.05) is 10.9 Å². The molecular weight excluding hydrogens is 513 g/mol. The summed E-state index contributed by atoms with van der Waals surface area (Å²) in [5, 5.41) is 3.81. The maximum absolute atomic E-state index is 13.9. The average Bonchev–Trinajstić information content (AvgIpc) is 2.95. The molecule has 1 amide bonds. The van der Waals surface area contributed by atoms with Crippen LogP contribution in [0.2, 0.25) is 0 Å². The number of hydrogen-bond acceptors (Lipinski definition) is 6. The second-order valence-corrected chi connectivity index (χ2v) is 7.67. The fourth-order valence-corrected chi connectivity index (χ4v) is 3.69. The van der Waals surface area contributed by atoms with E-state index in [1.165, 1.54) is 27.4 Å². The molecule has 1 N–H and O–H groups in total. The van der Waals surface area contributed by atoms with Crippen LogP contribution in [-0.2, 0) is 0 Å². The molecular formula is C26H18F5N3O4. The Kier molecular flexibility index (Phi) is 7.42. The summed E-state index contributed by atoms with van der Waals surface area (Å²) in [6.07, 6.45) is 0.331. The number of benzene rings is 3. The van der Waals surface area contributed by atoms with Gasteiger partial charge >= 0.3 is 0 Å². The molecule has 4 rings (SSSR count). The fraction of sp³-hybridized carbons (Fsp3) is 0.115. The number of hydrazone groups is 1. The Hall–Kier alpha value is -4.74. The van der Waals surface area contributed by atoms with Crippen molar-refractivity contribution in [3.05, 3.63) is 82.7 Å². The lowest BCUT2D eigenvalue weighted by molar-refractivity contribution is 0.0956. The Bertz CT molecular complexity index is 1540. The van der Waals surface area contributed by atoms with Gasteiger partial charge in [0.15, 0.2) is 34.8 Å². The lowest BCUT2D eigenvalue weighted by atomic mass is 10.0. The summed E-state index contributed by atoms with van der Waals surface area (Å²) in [6.45, 7) is 0. The Morgan fingerprint density at radius 2 is 1.42 bits per heavy atom. The average molecular weight is 531 g/mol. The number of amides is 1. The highest BCUT2D eigenvalue weighted by Gasteiger charge is 2.25. The maximum atomic E-state index is 13.9. The second kappa shape index (κ2) is 10.7. The van der Waals surface area contributed by atoms with Gasteiger partial charge in [0.25, 0.3) is 5.91 Å². The largest absolute Gasteiger partial charge is 0.493 e. The van der Waals surface area contributed by atoms with Gasteiger partial charge in [-0.3, -0.25) is 4.79 Å². The first-order valence-electron chi connectivity index (χ1n) is 10.8. The van der Waals surface area contributed by atoms with Gasteiger partial charge in [-0.15, -0.1) is 0 Å². The molecule has 0 unspecified atom stereocenters. The molecule has 0 radical (unpaired) electrons. The molecule has 7 nitrogen and oxygen atoms in total.